The highest BCUT2D eigenvalue weighted by atomic mass is 16.2. The number of hydrogen-bond acceptors (Lipinski definition) is 3. The van der Waals surface area contributed by atoms with Crippen molar-refractivity contribution in [2.24, 2.45) is 11.3 Å². The standard InChI is InChI=1S/C20H35N3O3/c1-7-10-23-16(24)15(13-14(2)3)21-17(25)20(23)8-11-22(12-9-20)18(26)19(4,5)6/h14-15H,7-13H2,1-6H3,(H,21,25). The summed E-state index contributed by atoms with van der Waals surface area (Å²) < 4.78 is 0. The number of nitrogens with one attached hydrogen (secondary N) is 1. The first-order valence-electron chi connectivity index (χ1n) is 9.94. The fourth-order valence-electron chi connectivity index (χ4n) is 4.11. The zero-order chi connectivity index (χ0) is 19.7. The van der Waals surface area contributed by atoms with Gasteiger partial charge in [0.25, 0.3) is 0 Å². The molecule has 0 aromatic carbocycles. The van der Waals surface area contributed by atoms with Crippen molar-refractivity contribution in [2.45, 2.75) is 78.8 Å². The zero-order valence-corrected chi connectivity index (χ0v) is 17.2. The van der Waals surface area contributed by atoms with Gasteiger partial charge in [-0.05, 0) is 31.6 Å². The van der Waals surface area contributed by atoms with Crippen molar-refractivity contribution in [3.63, 3.8) is 0 Å². The van der Waals surface area contributed by atoms with Crippen LogP contribution in [0.1, 0.15) is 67.2 Å². The van der Waals surface area contributed by atoms with E-state index in [2.05, 4.69) is 19.2 Å². The van der Waals surface area contributed by atoms with Gasteiger partial charge in [-0.1, -0.05) is 41.5 Å². The predicted molar refractivity (Wildman–Crippen MR) is 101 cm³/mol. The second-order valence-corrected chi connectivity index (χ2v) is 9.22. The van der Waals surface area contributed by atoms with E-state index in [0.717, 1.165) is 6.42 Å². The first-order chi connectivity index (χ1) is 12.0. The van der Waals surface area contributed by atoms with Crippen LogP contribution in [0.5, 0.6) is 0 Å². The third kappa shape index (κ3) is 3.89. The van der Waals surface area contributed by atoms with Crippen molar-refractivity contribution in [3.8, 4) is 0 Å². The van der Waals surface area contributed by atoms with Crippen molar-refractivity contribution in [2.75, 3.05) is 19.6 Å². The summed E-state index contributed by atoms with van der Waals surface area (Å²) in [5.41, 5.74) is -1.23. The van der Waals surface area contributed by atoms with Crippen molar-refractivity contribution >= 4 is 17.7 Å². The number of piperazine rings is 1. The Morgan fingerprint density at radius 1 is 1.23 bits per heavy atom. The maximum Gasteiger partial charge on any atom is 0.246 e. The molecule has 0 saturated carbocycles. The highest BCUT2D eigenvalue weighted by molar-refractivity contribution is 6.00. The molecule has 6 heteroatoms. The lowest BCUT2D eigenvalue weighted by Crippen LogP contribution is -2.73. The van der Waals surface area contributed by atoms with Crippen molar-refractivity contribution in [1.82, 2.24) is 15.1 Å². The van der Waals surface area contributed by atoms with Gasteiger partial charge in [0.2, 0.25) is 17.7 Å². The van der Waals surface area contributed by atoms with E-state index in [9.17, 15) is 14.4 Å². The molecule has 148 valence electrons. The Hall–Kier alpha value is -1.59. The molecule has 0 aromatic heterocycles. The van der Waals surface area contributed by atoms with Gasteiger partial charge in [0.15, 0.2) is 0 Å². The number of amides is 3. The summed E-state index contributed by atoms with van der Waals surface area (Å²) in [7, 11) is 0. The molecule has 6 nitrogen and oxygen atoms in total. The van der Waals surface area contributed by atoms with Gasteiger partial charge in [-0.25, -0.2) is 0 Å². The Kier molecular flexibility index (Phi) is 6.03. The molecule has 1 spiro atoms. The van der Waals surface area contributed by atoms with Crippen molar-refractivity contribution in [3.05, 3.63) is 0 Å². The number of hydrogen-bond donors (Lipinski definition) is 1. The third-order valence-corrected chi connectivity index (χ3v) is 5.48. The van der Waals surface area contributed by atoms with Crippen LogP contribution in [0.25, 0.3) is 0 Å². The summed E-state index contributed by atoms with van der Waals surface area (Å²) in [4.78, 5) is 42.4. The van der Waals surface area contributed by atoms with Gasteiger partial charge < -0.3 is 15.1 Å². The molecule has 3 amide bonds. The first kappa shape index (κ1) is 20.7. The van der Waals surface area contributed by atoms with Crippen molar-refractivity contribution < 1.29 is 14.4 Å². The molecule has 1 N–H and O–H groups in total. The van der Waals surface area contributed by atoms with E-state index in [1.807, 2.05) is 37.5 Å². The highest BCUT2D eigenvalue weighted by Crippen LogP contribution is 2.35. The van der Waals surface area contributed by atoms with Crippen LogP contribution in [-0.2, 0) is 14.4 Å². The van der Waals surface area contributed by atoms with E-state index in [0.29, 0.717) is 44.8 Å². The van der Waals surface area contributed by atoms with Gasteiger partial charge in [0, 0.05) is 25.0 Å². The third-order valence-electron chi connectivity index (χ3n) is 5.48. The quantitative estimate of drug-likeness (QED) is 0.830. The lowest BCUT2D eigenvalue weighted by atomic mass is 9.80. The van der Waals surface area contributed by atoms with Gasteiger partial charge in [0.1, 0.15) is 11.6 Å². The maximum atomic E-state index is 13.1. The Morgan fingerprint density at radius 3 is 2.27 bits per heavy atom. The second kappa shape index (κ2) is 7.57. The molecule has 26 heavy (non-hydrogen) atoms. The number of piperidine rings is 1. The molecule has 1 unspecified atom stereocenters. The summed E-state index contributed by atoms with van der Waals surface area (Å²) in [6, 6.07) is -0.422. The molecule has 0 aromatic rings. The predicted octanol–water partition coefficient (Wildman–Crippen LogP) is 2.18. The SMILES string of the molecule is CCCN1C(=O)C(CC(C)C)NC(=O)C12CCN(C(=O)C(C)(C)C)CC2. The summed E-state index contributed by atoms with van der Waals surface area (Å²) >= 11 is 0. The fourth-order valence-corrected chi connectivity index (χ4v) is 4.11. The topological polar surface area (TPSA) is 69.7 Å². The molecule has 0 aliphatic carbocycles. The molecular weight excluding hydrogens is 330 g/mol. The lowest BCUT2D eigenvalue weighted by Gasteiger charge is -2.52. The van der Waals surface area contributed by atoms with Crippen LogP contribution in [-0.4, -0.2) is 58.7 Å². The number of rotatable bonds is 4. The minimum absolute atomic E-state index is 0.0377. The molecule has 2 saturated heterocycles. The normalized spacial score (nSPS) is 23.6. The highest BCUT2D eigenvalue weighted by Gasteiger charge is 2.53. The molecule has 2 rings (SSSR count). The van der Waals surface area contributed by atoms with Crippen LogP contribution in [0, 0.1) is 11.3 Å². The Balaban J connectivity index is 2.20. The van der Waals surface area contributed by atoms with Crippen LogP contribution in [0.15, 0.2) is 0 Å². The van der Waals surface area contributed by atoms with E-state index < -0.39 is 17.0 Å². The summed E-state index contributed by atoms with van der Waals surface area (Å²) in [6.45, 7) is 13.5. The minimum Gasteiger partial charge on any atom is -0.342 e. The average molecular weight is 366 g/mol. The van der Waals surface area contributed by atoms with Gasteiger partial charge in [-0.2, -0.15) is 0 Å². The number of nitrogens with zero attached hydrogens (tertiary/aromatic N) is 2. The van der Waals surface area contributed by atoms with Crippen LogP contribution in [0.2, 0.25) is 0 Å². The van der Waals surface area contributed by atoms with E-state index in [1.54, 1.807) is 0 Å². The molecule has 2 heterocycles. The monoisotopic (exact) mass is 365 g/mol. The molecule has 2 aliphatic rings. The molecule has 2 aliphatic heterocycles. The van der Waals surface area contributed by atoms with Crippen LogP contribution in [0.4, 0.5) is 0 Å². The van der Waals surface area contributed by atoms with Crippen molar-refractivity contribution in [1.29, 1.82) is 0 Å². The lowest BCUT2D eigenvalue weighted by molar-refractivity contribution is -0.163. The smallest absolute Gasteiger partial charge is 0.246 e. The maximum absolute atomic E-state index is 13.1. The molecule has 0 radical (unpaired) electrons. The summed E-state index contributed by atoms with van der Waals surface area (Å²) in [6.07, 6.45) is 2.51. The number of carbonyl (C=O) groups excluding carboxylic acids is 3. The van der Waals surface area contributed by atoms with E-state index in [1.165, 1.54) is 0 Å². The van der Waals surface area contributed by atoms with E-state index in [4.69, 9.17) is 0 Å². The Morgan fingerprint density at radius 2 is 1.81 bits per heavy atom. The number of likely N-dealkylation sites (tertiary alicyclic amines) is 1. The Labute approximate surface area is 157 Å². The van der Waals surface area contributed by atoms with Crippen LogP contribution < -0.4 is 5.32 Å². The minimum atomic E-state index is -0.796. The summed E-state index contributed by atoms with van der Waals surface area (Å²) in [5.74, 6) is 0.442. The zero-order valence-electron chi connectivity index (χ0n) is 17.2. The number of carbonyl (C=O) groups is 3. The van der Waals surface area contributed by atoms with Gasteiger partial charge in [-0.15, -0.1) is 0 Å². The van der Waals surface area contributed by atoms with Gasteiger partial charge in [-0.3, -0.25) is 14.4 Å². The van der Waals surface area contributed by atoms with Crippen LogP contribution in [0.3, 0.4) is 0 Å². The van der Waals surface area contributed by atoms with E-state index in [-0.39, 0.29) is 17.7 Å². The first-order valence-corrected chi connectivity index (χ1v) is 9.94. The second-order valence-electron chi connectivity index (χ2n) is 9.22. The Bertz CT molecular complexity index is 557. The summed E-state index contributed by atoms with van der Waals surface area (Å²) in [5, 5.41) is 2.99. The van der Waals surface area contributed by atoms with Gasteiger partial charge >= 0.3 is 0 Å². The molecule has 1 atom stereocenters. The van der Waals surface area contributed by atoms with E-state index >= 15 is 0 Å². The van der Waals surface area contributed by atoms with Gasteiger partial charge in [0.05, 0.1) is 0 Å². The molecular formula is C20H35N3O3. The fraction of sp³-hybridized carbons (Fsp3) is 0.850. The molecule has 2 fully saturated rings. The average Bonchev–Trinajstić information content (AvgIpc) is 2.55. The largest absolute Gasteiger partial charge is 0.342 e. The van der Waals surface area contributed by atoms with Crippen LogP contribution >= 0.6 is 0 Å². The molecule has 0 bridgehead atoms.